The maximum absolute atomic E-state index is 12.3. The largest absolute Gasteiger partial charge is 0.509 e. The van der Waals surface area contributed by atoms with Crippen molar-refractivity contribution in [3.8, 4) is 0 Å². The van der Waals surface area contributed by atoms with Gasteiger partial charge in [-0.25, -0.2) is 4.79 Å². The van der Waals surface area contributed by atoms with Crippen molar-refractivity contribution >= 4 is 6.16 Å². The monoisotopic (exact) mass is 241 g/mol. The minimum Gasteiger partial charge on any atom is -0.438 e. The van der Waals surface area contributed by atoms with Crippen molar-refractivity contribution in [2.45, 2.75) is 37.6 Å². The van der Waals surface area contributed by atoms with Crippen LogP contribution in [0.1, 0.15) is 25.7 Å². The van der Waals surface area contributed by atoms with E-state index in [-0.39, 0.29) is 25.7 Å². The number of hydrogen-bond donors (Lipinski definition) is 1. The van der Waals surface area contributed by atoms with Gasteiger partial charge in [-0.3, -0.25) is 5.73 Å². The van der Waals surface area contributed by atoms with Gasteiger partial charge in [-0.15, -0.1) is 0 Å². The molecule has 1 saturated carbocycles. The summed E-state index contributed by atoms with van der Waals surface area (Å²) in [6, 6.07) is 0. The first-order valence-corrected chi connectivity index (χ1v) is 4.89. The lowest BCUT2D eigenvalue weighted by atomic mass is 9.83. The van der Waals surface area contributed by atoms with Crippen molar-refractivity contribution < 1.29 is 27.4 Å². The third kappa shape index (κ3) is 3.26. The molecule has 1 aliphatic rings. The average Bonchev–Trinajstić information content (AvgIpc) is 2.16. The Balaban J connectivity index is 2.50. The second-order valence-electron chi connectivity index (χ2n) is 3.94. The van der Waals surface area contributed by atoms with Crippen LogP contribution in [0.2, 0.25) is 0 Å². The number of halogens is 3. The molecular weight excluding hydrogens is 227 g/mol. The molecule has 4 nitrogen and oxygen atoms in total. The topological polar surface area (TPSA) is 61.5 Å². The highest BCUT2D eigenvalue weighted by molar-refractivity contribution is 5.60. The molecule has 0 heterocycles. The van der Waals surface area contributed by atoms with Gasteiger partial charge < -0.3 is 9.47 Å². The molecule has 1 aliphatic carbocycles. The molecule has 94 valence electrons. The Morgan fingerprint density at radius 2 is 1.88 bits per heavy atom. The summed E-state index contributed by atoms with van der Waals surface area (Å²) in [4.78, 5) is 10.8. The van der Waals surface area contributed by atoms with E-state index in [4.69, 9.17) is 10.5 Å². The molecule has 0 unspecified atom stereocenters. The van der Waals surface area contributed by atoms with Crippen molar-refractivity contribution in [1.82, 2.24) is 0 Å². The third-order valence-corrected chi connectivity index (χ3v) is 2.75. The Morgan fingerprint density at radius 3 is 2.25 bits per heavy atom. The van der Waals surface area contributed by atoms with Crippen LogP contribution >= 0.6 is 0 Å². The lowest BCUT2D eigenvalue weighted by Crippen LogP contribution is -2.48. The fourth-order valence-corrected chi connectivity index (χ4v) is 1.74. The number of alkyl halides is 3. The van der Waals surface area contributed by atoms with Crippen LogP contribution in [-0.2, 0) is 9.47 Å². The summed E-state index contributed by atoms with van der Waals surface area (Å²) in [5, 5.41) is 0. The zero-order chi connectivity index (χ0) is 12.4. The normalized spacial score (nSPS) is 30.9. The van der Waals surface area contributed by atoms with E-state index < -0.39 is 24.0 Å². The van der Waals surface area contributed by atoms with Crippen LogP contribution in [0.15, 0.2) is 0 Å². The Morgan fingerprint density at radius 1 is 1.38 bits per heavy atom. The lowest BCUT2D eigenvalue weighted by molar-refractivity contribution is -0.192. The number of nitrogens with two attached hydrogens (primary N) is 1. The van der Waals surface area contributed by atoms with Crippen LogP contribution in [-0.4, -0.2) is 25.2 Å². The van der Waals surface area contributed by atoms with E-state index in [1.807, 2.05) is 0 Å². The van der Waals surface area contributed by atoms with Crippen LogP contribution in [0.25, 0.3) is 0 Å². The first kappa shape index (κ1) is 13.1. The van der Waals surface area contributed by atoms with Gasteiger partial charge in [0, 0.05) is 12.8 Å². The van der Waals surface area contributed by atoms with Gasteiger partial charge in [0.05, 0.1) is 13.0 Å². The van der Waals surface area contributed by atoms with Crippen LogP contribution in [0.3, 0.4) is 0 Å². The first-order chi connectivity index (χ1) is 7.27. The van der Waals surface area contributed by atoms with E-state index in [0.29, 0.717) is 0 Å². The molecule has 0 aromatic rings. The van der Waals surface area contributed by atoms with Crippen molar-refractivity contribution in [1.29, 1.82) is 0 Å². The molecule has 0 bridgehead atoms. The van der Waals surface area contributed by atoms with Gasteiger partial charge in [0.15, 0.2) is 5.72 Å². The quantitative estimate of drug-likeness (QED) is 0.564. The Labute approximate surface area is 90.9 Å². The number of rotatable bonds is 1. The molecule has 1 fully saturated rings. The highest BCUT2D eigenvalue weighted by atomic mass is 19.4. The van der Waals surface area contributed by atoms with Gasteiger partial charge in [-0.1, -0.05) is 0 Å². The zero-order valence-corrected chi connectivity index (χ0v) is 8.84. The third-order valence-electron chi connectivity index (χ3n) is 2.75. The van der Waals surface area contributed by atoms with E-state index in [9.17, 15) is 18.0 Å². The van der Waals surface area contributed by atoms with Gasteiger partial charge in [0.1, 0.15) is 0 Å². The minimum absolute atomic E-state index is 0.00766. The molecule has 0 radical (unpaired) electrons. The fourth-order valence-electron chi connectivity index (χ4n) is 1.74. The van der Waals surface area contributed by atoms with Crippen LogP contribution in [0, 0.1) is 5.92 Å². The van der Waals surface area contributed by atoms with E-state index in [1.54, 1.807) is 0 Å². The summed E-state index contributed by atoms with van der Waals surface area (Å²) in [6.45, 7) is 0. The second kappa shape index (κ2) is 4.48. The van der Waals surface area contributed by atoms with E-state index >= 15 is 0 Å². The zero-order valence-electron chi connectivity index (χ0n) is 8.84. The highest BCUT2D eigenvalue weighted by Crippen LogP contribution is 2.40. The molecule has 0 aromatic carbocycles. The van der Waals surface area contributed by atoms with Crippen molar-refractivity contribution in [3.63, 3.8) is 0 Å². The van der Waals surface area contributed by atoms with Crippen molar-refractivity contribution in [3.05, 3.63) is 0 Å². The maximum Gasteiger partial charge on any atom is 0.509 e. The average molecular weight is 241 g/mol. The first-order valence-electron chi connectivity index (χ1n) is 4.89. The van der Waals surface area contributed by atoms with Crippen LogP contribution in [0.4, 0.5) is 18.0 Å². The Hall–Kier alpha value is -0.980. The fraction of sp³-hybridized carbons (Fsp3) is 0.889. The summed E-state index contributed by atoms with van der Waals surface area (Å²) in [5.41, 5.74) is 4.33. The smallest absolute Gasteiger partial charge is 0.438 e. The number of carbonyl (C=O) groups excluding carboxylic acids is 1. The molecular formula is C9H14F3NO3. The van der Waals surface area contributed by atoms with Gasteiger partial charge in [-0.2, -0.15) is 13.2 Å². The highest BCUT2D eigenvalue weighted by Gasteiger charge is 2.46. The predicted molar refractivity (Wildman–Crippen MR) is 48.4 cm³/mol. The number of methoxy groups -OCH3 is 1. The molecule has 16 heavy (non-hydrogen) atoms. The summed E-state index contributed by atoms with van der Waals surface area (Å²) in [5.74, 6) is -1.36. The van der Waals surface area contributed by atoms with Crippen molar-refractivity contribution in [2.24, 2.45) is 11.7 Å². The molecule has 2 N–H and O–H groups in total. The molecule has 0 saturated heterocycles. The van der Waals surface area contributed by atoms with E-state index in [0.717, 1.165) is 7.11 Å². The molecule has 0 spiro atoms. The van der Waals surface area contributed by atoms with Crippen LogP contribution < -0.4 is 5.73 Å². The SMILES string of the molecule is COC(=O)OC1(N)CCC(C(F)(F)F)CC1. The van der Waals surface area contributed by atoms with E-state index in [2.05, 4.69) is 4.74 Å². The van der Waals surface area contributed by atoms with E-state index in [1.165, 1.54) is 0 Å². The summed E-state index contributed by atoms with van der Waals surface area (Å²) in [7, 11) is 1.12. The maximum atomic E-state index is 12.3. The number of ether oxygens (including phenoxy) is 2. The molecule has 0 aliphatic heterocycles. The van der Waals surface area contributed by atoms with Crippen LogP contribution in [0.5, 0.6) is 0 Å². The summed E-state index contributed by atoms with van der Waals surface area (Å²) >= 11 is 0. The van der Waals surface area contributed by atoms with Gasteiger partial charge in [0.2, 0.25) is 0 Å². The predicted octanol–water partition coefficient (Wildman–Crippen LogP) is 2.18. The summed E-state index contributed by atoms with van der Waals surface area (Å²) < 4.78 is 46.0. The Bertz CT molecular complexity index is 259. The van der Waals surface area contributed by atoms with Crippen molar-refractivity contribution in [2.75, 3.05) is 7.11 Å². The molecule has 0 amide bonds. The lowest BCUT2D eigenvalue weighted by Gasteiger charge is -2.36. The van der Waals surface area contributed by atoms with Gasteiger partial charge in [0.25, 0.3) is 0 Å². The summed E-state index contributed by atoms with van der Waals surface area (Å²) in [6.07, 6.45) is -5.44. The van der Waals surface area contributed by atoms with Gasteiger partial charge >= 0.3 is 12.3 Å². The number of hydrogen-bond acceptors (Lipinski definition) is 4. The molecule has 0 atom stereocenters. The minimum atomic E-state index is -4.20. The molecule has 7 heteroatoms. The molecule has 1 rings (SSSR count). The molecule has 0 aromatic heterocycles. The number of carbonyl (C=O) groups is 1. The standard InChI is InChI=1S/C9H14F3NO3/c1-15-7(14)16-8(13)4-2-6(3-5-8)9(10,11)12/h6H,2-5,13H2,1H3. The van der Waals surface area contributed by atoms with Gasteiger partial charge in [-0.05, 0) is 12.8 Å². The second-order valence-corrected chi connectivity index (χ2v) is 3.94. The Kier molecular flexibility index (Phi) is 3.67.